The summed E-state index contributed by atoms with van der Waals surface area (Å²) in [4.78, 5) is 0. The minimum atomic E-state index is -5.68. The van der Waals surface area contributed by atoms with Gasteiger partial charge in [-0.05, 0) is 12.1 Å². The zero-order chi connectivity index (χ0) is 37.9. The fourth-order valence-corrected chi connectivity index (χ4v) is 4.93. The number of alkyl halides is 10. The van der Waals surface area contributed by atoms with E-state index in [0.29, 0.717) is 12.1 Å². The van der Waals surface area contributed by atoms with E-state index in [0.717, 1.165) is 18.2 Å². The van der Waals surface area contributed by atoms with Crippen LogP contribution in [0, 0.1) is 90.6 Å². The van der Waals surface area contributed by atoms with E-state index in [4.69, 9.17) is 0 Å². The van der Waals surface area contributed by atoms with Crippen molar-refractivity contribution in [2.75, 3.05) is 0 Å². The van der Waals surface area contributed by atoms with Crippen LogP contribution in [-0.4, -0.2) is 0 Å². The topological polar surface area (TPSA) is 190 Å². The number of nitrogens with zero attached hydrogens (tertiary/aromatic N) is 8. The van der Waals surface area contributed by atoms with Crippen LogP contribution < -0.4 is 10.4 Å². The third-order valence-electron chi connectivity index (χ3n) is 6.93. The molecule has 0 N–H and O–H groups in total. The molecule has 0 aromatic heterocycles. The van der Waals surface area contributed by atoms with Gasteiger partial charge in [0.15, 0.2) is 0 Å². The minimum absolute atomic E-state index is 0.141. The maximum absolute atomic E-state index is 13.9. The SMILES string of the molecule is N#C/C(c1c(C#N)c(CF)cc(C(F)(F)F)c1C#N)=c1\cc/c(=C(\C#N)c2c(C#N)c(C(F)(F)F)cc(C(F)(F)F)c2C#N)c(C#N)c1C#N. The van der Waals surface area contributed by atoms with Crippen LogP contribution in [0.2, 0.25) is 0 Å². The first-order valence-electron chi connectivity index (χ1n) is 12.7. The Hall–Kier alpha value is -7.38. The molecule has 3 aromatic carbocycles. The van der Waals surface area contributed by atoms with E-state index in [1.165, 1.54) is 30.3 Å². The smallest absolute Gasteiger partial charge is 0.246 e. The van der Waals surface area contributed by atoms with Crippen LogP contribution in [0.25, 0.3) is 11.1 Å². The summed E-state index contributed by atoms with van der Waals surface area (Å²) >= 11 is 0. The first-order valence-corrected chi connectivity index (χ1v) is 12.7. The molecule has 3 aromatic rings. The lowest BCUT2D eigenvalue weighted by molar-refractivity contribution is -0.143. The number of halogens is 10. The standard InChI is InChI=1S/C32H6F10N8/c33-5-14-3-25(30(34,35)36)22(11-48)28(17(14)6-43)20(9-46)15-1-2-16(19(8-45)18(15)7-44)21(10-47)29-23(12-49)26(31(37,38)39)4-27(24(29)13-50)32(40,41)42/h1-4H,5H2/b20-15-,21-16-. The normalized spacial score (nSPS) is 12.4. The Kier molecular flexibility index (Phi) is 9.93. The van der Waals surface area contributed by atoms with Crippen LogP contribution in [0.15, 0.2) is 24.3 Å². The quantitative estimate of drug-likeness (QED) is 0.304. The van der Waals surface area contributed by atoms with Gasteiger partial charge in [-0.1, -0.05) is 12.1 Å². The predicted octanol–water partition coefficient (Wildman–Crippen LogP) is 5.89. The van der Waals surface area contributed by atoms with E-state index in [1.54, 1.807) is 0 Å². The van der Waals surface area contributed by atoms with Crippen molar-refractivity contribution in [3.8, 4) is 48.6 Å². The van der Waals surface area contributed by atoms with Crippen molar-refractivity contribution in [1.82, 2.24) is 0 Å². The zero-order valence-electron chi connectivity index (χ0n) is 23.9. The Labute approximate surface area is 272 Å². The van der Waals surface area contributed by atoms with E-state index >= 15 is 0 Å². The Bertz CT molecular complexity index is 2420. The molecule has 0 aliphatic heterocycles. The summed E-state index contributed by atoms with van der Waals surface area (Å²) in [6.45, 7) is -1.73. The van der Waals surface area contributed by atoms with Gasteiger partial charge in [-0.3, -0.25) is 0 Å². The van der Waals surface area contributed by atoms with Crippen LogP contribution >= 0.6 is 0 Å². The molecule has 3 rings (SSSR count). The van der Waals surface area contributed by atoms with E-state index in [9.17, 15) is 86.0 Å². The highest BCUT2D eigenvalue weighted by Crippen LogP contribution is 2.43. The Morgan fingerprint density at radius 2 is 0.760 bits per heavy atom. The summed E-state index contributed by atoms with van der Waals surface area (Å²) < 4.78 is 139. The lowest BCUT2D eigenvalue weighted by Crippen LogP contribution is -2.25. The summed E-state index contributed by atoms with van der Waals surface area (Å²) in [5.41, 5.74) is -20.2. The van der Waals surface area contributed by atoms with Crippen LogP contribution in [0.4, 0.5) is 43.9 Å². The fraction of sp³-hybridized carbons (Fsp3) is 0.125. The van der Waals surface area contributed by atoms with Crippen molar-refractivity contribution in [1.29, 1.82) is 42.1 Å². The second-order valence-corrected chi connectivity index (χ2v) is 9.49. The molecule has 0 aliphatic rings. The maximum Gasteiger partial charge on any atom is 0.417 e. The molecule has 0 saturated carbocycles. The number of rotatable bonds is 3. The average molecular weight is 692 g/mol. The molecular formula is C32H6F10N8. The summed E-state index contributed by atoms with van der Waals surface area (Å²) in [6.07, 6.45) is -16.7. The van der Waals surface area contributed by atoms with Crippen LogP contribution in [0.5, 0.6) is 0 Å². The van der Waals surface area contributed by atoms with Gasteiger partial charge in [0.05, 0.1) is 61.2 Å². The zero-order valence-corrected chi connectivity index (χ0v) is 23.9. The monoisotopic (exact) mass is 692 g/mol. The highest BCUT2D eigenvalue weighted by molar-refractivity contribution is 5.88. The molecule has 8 nitrogen and oxygen atoms in total. The highest BCUT2D eigenvalue weighted by atomic mass is 19.4. The Morgan fingerprint density at radius 1 is 0.460 bits per heavy atom. The van der Waals surface area contributed by atoms with Gasteiger partial charge >= 0.3 is 18.5 Å². The second-order valence-electron chi connectivity index (χ2n) is 9.49. The van der Waals surface area contributed by atoms with E-state index in [-0.39, 0.29) is 6.07 Å². The van der Waals surface area contributed by atoms with Gasteiger partial charge in [-0.25, -0.2) is 4.39 Å². The molecule has 0 atom stereocenters. The van der Waals surface area contributed by atoms with Gasteiger partial charge in [-0.2, -0.15) is 81.6 Å². The van der Waals surface area contributed by atoms with Crippen molar-refractivity contribution in [3.05, 3.63) is 101 Å². The Morgan fingerprint density at radius 3 is 1.02 bits per heavy atom. The number of benzene rings is 3. The lowest BCUT2D eigenvalue weighted by Gasteiger charge is -2.19. The van der Waals surface area contributed by atoms with E-state index in [1.807, 2.05) is 0 Å². The molecule has 0 bridgehead atoms. The summed E-state index contributed by atoms with van der Waals surface area (Å²) in [5.74, 6) is 0. The van der Waals surface area contributed by atoms with Crippen LogP contribution in [0.1, 0.15) is 66.8 Å². The van der Waals surface area contributed by atoms with Gasteiger partial charge in [0.25, 0.3) is 0 Å². The third-order valence-corrected chi connectivity index (χ3v) is 6.93. The van der Waals surface area contributed by atoms with Gasteiger partial charge in [0.1, 0.15) is 55.2 Å². The van der Waals surface area contributed by atoms with Gasteiger partial charge in [0, 0.05) is 27.1 Å². The van der Waals surface area contributed by atoms with E-state index in [2.05, 4.69) is 0 Å². The molecule has 18 heteroatoms. The third kappa shape index (κ3) is 6.17. The number of hydrogen-bond acceptors (Lipinski definition) is 8. The molecule has 0 unspecified atom stereocenters. The number of hydrogen-bond donors (Lipinski definition) is 0. The van der Waals surface area contributed by atoms with Gasteiger partial charge < -0.3 is 0 Å². The predicted molar refractivity (Wildman–Crippen MR) is 143 cm³/mol. The molecule has 0 amide bonds. The second kappa shape index (κ2) is 13.4. The van der Waals surface area contributed by atoms with Crippen LogP contribution in [-0.2, 0) is 25.2 Å². The van der Waals surface area contributed by atoms with Crippen molar-refractivity contribution >= 4 is 11.1 Å². The van der Waals surface area contributed by atoms with Gasteiger partial charge in [0.2, 0.25) is 0 Å². The lowest BCUT2D eigenvalue weighted by atomic mass is 9.85. The maximum atomic E-state index is 13.9. The summed E-state index contributed by atoms with van der Waals surface area (Å²) in [6, 6.07) is 10.6. The first-order chi connectivity index (χ1) is 23.4. The molecule has 0 aliphatic carbocycles. The van der Waals surface area contributed by atoms with Crippen molar-refractivity contribution in [2.45, 2.75) is 25.2 Å². The summed E-state index contributed by atoms with van der Waals surface area (Å²) in [7, 11) is 0. The molecule has 0 heterocycles. The number of nitriles is 8. The van der Waals surface area contributed by atoms with E-state index < -0.39 is 120 Å². The summed E-state index contributed by atoms with van der Waals surface area (Å²) in [5, 5.41) is 76.9. The Balaban J connectivity index is 2.85. The van der Waals surface area contributed by atoms with Crippen LogP contribution in [0.3, 0.4) is 0 Å². The van der Waals surface area contributed by atoms with Crippen molar-refractivity contribution in [3.63, 3.8) is 0 Å². The molecular weight excluding hydrogens is 686 g/mol. The molecule has 0 spiro atoms. The highest BCUT2D eigenvalue weighted by Gasteiger charge is 2.43. The first kappa shape index (κ1) is 37.1. The molecule has 0 saturated heterocycles. The molecule has 0 fully saturated rings. The molecule has 244 valence electrons. The largest absolute Gasteiger partial charge is 0.417 e. The van der Waals surface area contributed by atoms with Crippen molar-refractivity contribution < 1.29 is 43.9 Å². The molecule has 0 radical (unpaired) electrons. The average Bonchev–Trinajstić information content (AvgIpc) is 3.06. The fourth-order valence-electron chi connectivity index (χ4n) is 4.93. The van der Waals surface area contributed by atoms with Gasteiger partial charge in [-0.15, -0.1) is 0 Å². The molecule has 50 heavy (non-hydrogen) atoms. The minimum Gasteiger partial charge on any atom is -0.246 e. The van der Waals surface area contributed by atoms with Crippen molar-refractivity contribution in [2.24, 2.45) is 0 Å².